The normalized spacial score (nSPS) is 17.9. The van der Waals surface area contributed by atoms with Crippen molar-refractivity contribution < 1.29 is 27.5 Å². The van der Waals surface area contributed by atoms with Crippen molar-refractivity contribution in [2.24, 2.45) is 5.41 Å². The Morgan fingerprint density at radius 3 is 2.36 bits per heavy atom. The number of halogens is 3. The molecular weight excluding hydrogens is 455 g/mol. The molecule has 2 fully saturated rings. The summed E-state index contributed by atoms with van der Waals surface area (Å²) in [7, 11) is 0. The van der Waals surface area contributed by atoms with Gasteiger partial charge in [-0.25, -0.2) is 4.98 Å². The predicted octanol–water partition coefficient (Wildman–Crippen LogP) is 5.11. The molecule has 2 saturated heterocycles. The lowest BCUT2D eigenvalue weighted by molar-refractivity contribution is -0.152. The molecule has 2 aromatic rings. The second kappa shape index (κ2) is 8.77. The van der Waals surface area contributed by atoms with E-state index in [9.17, 15) is 22.8 Å². The maximum absolute atomic E-state index is 13.9. The van der Waals surface area contributed by atoms with E-state index in [1.165, 1.54) is 5.38 Å². The van der Waals surface area contributed by atoms with E-state index in [1.807, 2.05) is 20.8 Å². The van der Waals surface area contributed by atoms with Gasteiger partial charge in [-0.15, -0.1) is 11.3 Å². The number of likely N-dealkylation sites (tertiary alicyclic amines) is 1. The summed E-state index contributed by atoms with van der Waals surface area (Å²) in [6.45, 7) is 7.95. The summed E-state index contributed by atoms with van der Waals surface area (Å²) in [5, 5.41) is 1.48. The van der Waals surface area contributed by atoms with Crippen LogP contribution < -0.4 is 4.90 Å². The highest BCUT2D eigenvalue weighted by molar-refractivity contribution is 7.17. The number of ether oxygens (including phenoxy) is 1. The van der Waals surface area contributed by atoms with Gasteiger partial charge in [0.05, 0.1) is 27.8 Å². The Kier molecular flexibility index (Phi) is 6.32. The molecule has 2 aliphatic rings. The Morgan fingerprint density at radius 1 is 1.15 bits per heavy atom. The molecule has 4 rings (SSSR count). The van der Waals surface area contributed by atoms with Crippen LogP contribution in [-0.2, 0) is 15.7 Å². The van der Waals surface area contributed by atoms with Crippen LogP contribution in [0.5, 0.6) is 0 Å². The maximum Gasteiger partial charge on any atom is 0.417 e. The summed E-state index contributed by atoms with van der Waals surface area (Å²) in [5.74, 6) is -0.327. The van der Waals surface area contributed by atoms with Gasteiger partial charge in [0.15, 0.2) is 0 Å². The maximum atomic E-state index is 13.9. The number of hydrogen-bond acceptors (Lipinski definition) is 6. The van der Waals surface area contributed by atoms with Gasteiger partial charge in [-0.3, -0.25) is 9.59 Å². The minimum absolute atomic E-state index is 0.0129. The SMILES string of the molecule is CC(C)(C)CC(=O)OC1CCN(c2cc(C(F)(F)F)c3scc(C(=O)N4CCC4)c3n2)CC1. The molecule has 2 aromatic heterocycles. The number of esters is 1. The minimum atomic E-state index is -4.56. The van der Waals surface area contributed by atoms with Crippen LogP contribution >= 0.6 is 11.3 Å². The number of thiophene rings is 1. The van der Waals surface area contributed by atoms with E-state index in [-0.39, 0.29) is 45.0 Å². The number of hydrogen-bond donors (Lipinski definition) is 0. The summed E-state index contributed by atoms with van der Waals surface area (Å²) in [4.78, 5) is 32.8. The van der Waals surface area contributed by atoms with Crippen LogP contribution in [0.25, 0.3) is 10.2 Å². The molecule has 33 heavy (non-hydrogen) atoms. The average Bonchev–Trinajstić information content (AvgIpc) is 3.08. The first-order valence-corrected chi connectivity index (χ1v) is 12.0. The standard InChI is InChI=1S/C23H28F3N3O3S/c1-22(2,3)12-18(30)32-14-5-9-28(10-6-14)17-11-16(23(24,25)26)20-19(27-17)15(13-33-20)21(31)29-7-4-8-29/h11,13-14H,4-10,12H2,1-3H3. The number of carbonyl (C=O) groups excluding carboxylic acids is 2. The van der Waals surface area contributed by atoms with Crippen LogP contribution in [-0.4, -0.2) is 54.0 Å². The van der Waals surface area contributed by atoms with Crippen molar-refractivity contribution >= 4 is 39.2 Å². The quantitative estimate of drug-likeness (QED) is 0.566. The molecule has 0 saturated carbocycles. The van der Waals surface area contributed by atoms with Crippen LogP contribution in [0, 0.1) is 5.41 Å². The first-order valence-electron chi connectivity index (χ1n) is 11.2. The molecule has 4 heterocycles. The second-order valence-electron chi connectivity index (χ2n) is 9.91. The van der Waals surface area contributed by atoms with Crippen molar-refractivity contribution in [1.29, 1.82) is 0 Å². The molecule has 6 nitrogen and oxygen atoms in total. The average molecular weight is 484 g/mol. The van der Waals surface area contributed by atoms with Gasteiger partial charge in [0.25, 0.3) is 5.91 Å². The number of aromatic nitrogens is 1. The number of carbonyl (C=O) groups is 2. The number of rotatable bonds is 4. The summed E-state index contributed by atoms with van der Waals surface area (Å²) < 4.78 is 47.1. The lowest BCUT2D eigenvalue weighted by atomic mass is 9.92. The third kappa shape index (κ3) is 5.26. The van der Waals surface area contributed by atoms with E-state index in [1.54, 1.807) is 9.80 Å². The Balaban J connectivity index is 1.55. The van der Waals surface area contributed by atoms with Gasteiger partial charge < -0.3 is 14.5 Å². The summed E-state index contributed by atoms with van der Waals surface area (Å²) >= 11 is 0.909. The fraction of sp³-hybridized carbons (Fsp3) is 0.609. The van der Waals surface area contributed by atoms with Crippen molar-refractivity contribution in [3.05, 3.63) is 22.6 Å². The summed E-state index contributed by atoms with van der Waals surface area (Å²) in [6, 6.07) is 1.07. The molecule has 0 aliphatic carbocycles. The van der Waals surface area contributed by atoms with Crippen molar-refractivity contribution in [2.75, 3.05) is 31.1 Å². The zero-order valence-electron chi connectivity index (χ0n) is 19.0. The van der Waals surface area contributed by atoms with Gasteiger partial charge in [-0.05, 0) is 17.9 Å². The highest BCUT2D eigenvalue weighted by Gasteiger charge is 2.37. The van der Waals surface area contributed by atoms with E-state index in [0.29, 0.717) is 45.4 Å². The Bertz CT molecular complexity index is 1050. The molecule has 2 aliphatic heterocycles. The van der Waals surface area contributed by atoms with E-state index in [2.05, 4.69) is 4.98 Å². The lowest BCUT2D eigenvalue weighted by Crippen LogP contribution is -2.42. The fourth-order valence-corrected chi connectivity index (χ4v) is 5.09. The van der Waals surface area contributed by atoms with Crippen molar-refractivity contribution in [3.63, 3.8) is 0 Å². The monoisotopic (exact) mass is 483 g/mol. The third-order valence-corrected chi connectivity index (χ3v) is 6.93. The molecule has 0 N–H and O–H groups in total. The topological polar surface area (TPSA) is 62.7 Å². The second-order valence-corrected chi connectivity index (χ2v) is 10.8. The molecule has 0 unspecified atom stereocenters. The zero-order valence-corrected chi connectivity index (χ0v) is 19.8. The molecule has 0 radical (unpaired) electrons. The van der Waals surface area contributed by atoms with Gasteiger partial charge in [0.2, 0.25) is 0 Å². The Morgan fingerprint density at radius 2 is 1.82 bits per heavy atom. The van der Waals surface area contributed by atoms with Gasteiger partial charge >= 0.3 is 12.1 Å². The van der Waals surface area contributed by atoms with E-state index in [0.717, 1.165) is 23.8 Å². The van der Waals surface area contributed by atoms with Crippen LogP contribution in [0.4, 0.5) is 19.0 Å². The largest absolute Gasteiger partial charge is 0.462 e. The summed E-state index contributed by atoms with van der Waals surface area (Å²) in [5.41, 5.74) is -0.598. The van der Waals surface area contributed by atoms with Crippen LogP contribution in [0.2, 0.25) is 0 Å². The number of anilines is 1. The van der Waals surface area contributed by atoms with Crippen LogP contribution in [0.3, 0.4) is 0 Å². The molecule has 0 bridgehead atoms. The molecule has 1 amide bonds. The number of fused-ring (bicyclic) bond motifs is 1. The first kappa shape index (κ1) is 23.8. The van der Waals surface area contributed by atoms with Gasteiger partial charge in [-0.1, -0.05) is 20.8 Å². The number of nitrogens with zero attached hydrogens (tertiary/aromatic N) is 3. The first-order chi connectivity index (χ1) is 15.4. The fourth-order valence-electron chi connectivity index (χ4n) is 4.07. The molecule has 0 spiro atoms. The molecular formula is C23H28F3N3O3S. The minimum Gasteiger partial charge on any atom is -0.462 e. The van der Waals surface area contributed by atoms with E-state index < -0.39 is 11.7 Å². The van der Waals surface area contributed by atoms with Gasteiger partial charge in [0.1, 0.15) is 11.9 Å². The number of piperidine rings is 1. The molecule has 10 heteroatoms. The molecule has 0 atom stereocenters. The van der Waals surface area contributed by atoms with Crippen LogP contribution in [0.1, 0.15) is 62.4 Å². The highest BCUT2D eigenvalue weighted by Crippen LogP contribution is 2.41. The lowest BCUT2D eigenvalue weighted by Gasteiger charge is -2.33. The highest BCUT2D eigenvalue weighted by atomic mass is 32.1. The van der Waals surface area contributed by atoms with E-state index >= 15 is 0 Å². The number of amides is 1. The van der Waals surface area contributed by atoms with E-state index in [4.69, 9.17) is 4.74 Å². The van der Waals surface area contributed by atoms with Crippen molar-refractivity contribution in [3.8, 4) is 0 Å². The molecule has 180 valence electrons. The van der Waals surface area contributed by atoms with Gasteiger partial charge in [-0.2, -0.15) is 13.2 Å². The smallest absolute Gasteiger partial charge is 0.417 e. The third-order valence-electron chi connectivity index (χ3n) is 5.93. The van der Waals surface area contributed by atoms with Gasteiger partial charge in [0, 0.05) is 44.4 Å². The van der Waals surface area contributed by atoms with Crippen molar-refractivity contribution in [2.45, 2.75) is 58.7 Å². The number of alkyl halides is 3. The van der Waals surface area contributed by atoms with Crippen LogP contribution in [0.15, 0.2) is 11.4 Å². The Hall–Kier alpha value is -2.36. The number of pyridine rings is 1. The summed E-state index contributed by atoms with van der Waals surface area (Å²) in [6.07, 6.45) is -2.58. The predicted molar refractivity (Wildman–Crippen MR) is 121 cm³/mol. The molecule has 0 aromatic carbocycles. The zero-order chi connectivity index (χ0) is 24.0. The Labute approximate surface area is 194 Å². The van der Waals surface area contributed by atoms with Crippen molar-refractivity contribution in [1.82, 2.24) is 9.88 Å².